The van der Waals surface area contributed by atoms with E-state index in [4.69, 9.17) is 4.74 Å². The van der Waals surface area contributed by atoms with Gasteiger partial charge in [-0.05, 0) is 29.0 Å². The van der Waals surface area contributed by atoms with Crippen LogP contribution in [-0.4, -0.2) is 12.6 Å². The van der Waals surface area contributed by atoms with Gasteiger partial charge in [0.2, 0.25) is 0 Å². The fourth-order valence-corrected chi connectivity index (χ4v) is 4.53. The first-order valence-corrected chi connectivity index (χ1v) is 11.9. The predicted octanol–water partition coefficient (Wildman–Crippen LogP) is 6.92. The van der Waals surface area contributed by atoms with Crippen LogP contribution in [0.15, 0.2) is 96.6 Å². The Morgan fingerprint density at radius 3 is 2.27 bits per heavy atom. The molecular formula is C30H33NO2. The number of hydrogen-bond acceptors (Lipinski definition) is 3. The first-order valence-electron chi connectivity index (χ1n) is 11.9. The molecule has 0 saturated heterocycles. The van der Waals surface area contributed by atoms with Crippen LogP contribution in [0.3, 0.4) is 0 Å². The average molecular weight is 440 g/mol. The van der Waals surface area contributed by atoms with Crippen LogP contribution in [0.4, 0.5) is 0 Å². The maximum atomic E-state index is 12.4. The molecule has 0 radical (unpaired) electrons. The number of carbonyl (C=O) groups is 1. The van der Waals surface area contributed by atoms with Gasteiger partial charge < -0.3 is 4.74 Å². The third kappa shape index (κ3) is 5.71. The van der Waals surface area contributed by atoms with E-state index in [1.165, 1.54) is 6.08 Å². The van der Waals surface area contributed by atoms with Crippen molar-refractivity contribution in [3.63, 3.8) is 0 Å². The molecule has 2 unspecified atom stereocenters. The van der Waals surface area contributed by atoms with Crippen LogP contribution >= 0.6 is 0 Å². The number of hydrogen-bond donors (Lipinski definition) is 0. The van der Waals surface area contributed by atoms with E-state index in [9.17, 15) is 10.1 Å². The molecule has 1 aliphatic carbocycles. The van der Waals surface area contributed by atoms with Gasteiger partial charge in [0.15, 0.2) is 0 Å². The third-order valence-corrected chi connectivity index (χ3v) is 6.48. The number of ether oxygens (including phenoxy) is 1. The van der Waals surface area contributed by atoms with Crippen LogP contribution < -0.4 is 0 Å². The smallest absolute Gasteiger partial charge is 0.330 e. The Balaban J connectivity index is 1.84. The lowest BCUT2D eigenvalue weighted by Crippen LogP contribution is -2.36. The number of esters is 1. The third-order valence-electron chi connectivity index (χ3n) is 6.48. The molecule has 0 bridgehead atoms. The van der Waals surface area contributed by atoms with Crippen molar-refractivity contribution in [2.45, 2.75) is 44.9 Å². The second-order valence-corrected chi connectivity index (χ2v) is 8.57. The molecule has 0 heterocycles. The first-order chi connectivity index (χ1) is 16.2. The maximum absolute atomic E-state index is 12.4. The number of unbranched alkanes of at least 4 members (excludes halogenated alkanes) is 1. The molecule has 33 heavy (non-hydrogen) atoms. The van der Waals surface area contributed by atoms with Crippen molar-refractivity contribution < 1.29 is 9.53 Å². The molecule has 3 nitrogen and oxygen atoms in total. The minimum absolute atomic E-state index is 0.359. The van der Waals surface area contributed by atoms with Gasteiger partial charge in [-0.3, -0.25) is 0 Å². The Labute approximate surface area is 198 Å². The molecule has 2 atom stereocenters. The summed E-state index contributed by atoms with van der Waals surface area (Å²) in [7, 11) is 0. The second kappa shape index (κ2) is 12.0. The average Bonchev–Trinajstić information content (AvgIpc) is 2.88. The zero-order chi connectivity index (χ0) is 23.5. The molecule has 3 heteroatoms. The highest BCUT2D eigenvalue weighted by atomic mass is 16.5. The standard InChI is InChI=1S/C30H33NO2/c1-3-5-13-24(4-2)23-33-29(32)20-19-25-14-12-21-30(28(25)22-31,26-15-8-6-9-16-26)27-17-10-7-11-18-27/h6-12,14-21,24,28H,3-5,13,23H2,1-2H3/b20-19+. The Hall–Kier alpha value is -3.38. The van der Waals surface area contributed by atoms with Crippen LogP contribution in [0.25, 0.3) is 0 Å². The van der Waals surface area contributed by atoms with Crippen molar-refractivity contribution >= 4 is 5.97 Å². The van der Waals surface area contributed by atoms with E-state index in [1.807, 2.05) is 48.6 Å². The summed E-state index contributed by atoms with van der Waals surface area (Å²) in [5, 5.41) is 10.3. The van der Waals surface area contributed by atoms with Gasteiger partial charge in [0, 0.05) is 6.08 Å². The summed E-state index contributed by atoms with van der Waals surface area (Å²) in [6.45, 7) is 4.75. The Morgan fingerprint density at radius 2 is 1.73 bits per heavy atom. The van der Waals surface area contributed by atoms with Crippen molar-refractivity contribution in [1.29, 1.82) is 5.26 Å². The summed E-state index contributed by atoms with van der Waals surface area (Å²) < 4.78 is 5.52. The molecule has 3 rings (SSSR count). The maximum Gasteiger partial charge on any atom is 0.330 e. The van der Waals surface area contributed by atoms with Crippen molar-refractivity contribution in [2.24, 2.45) is 11.8 Å². The summed E-state index contributed by atoms with van der Waals surface area (Å²) in [6.07, 6.45) is 13.6. The molecule has 0 aliphatic heterocycles. The summed E-state index contributed by atoms with van der Waals surface area (Å²) in [4.78, 5) is 12.4. The largest absolute Gasteiger partial charge is 0.462 e. The number of nitriles is 1. The van der Waals surface area contributed by atoms with Crippen LogP contribution in [0, 0.1) is 23.2 Å². The van der Waals surface area contributed by atoms with Gasteiger partial charge in [-0.15, -0.1) is 0 Å². The normalized spacial score (nSPS) is 17.8. The van der Waals surface area contributed by atoms with Gasteiger partial charge in [-0.1, -0.05) is 118 Å². The monoisotopic (exact) mass is 439 g/mol. The molecule has 0 aromatic heterocycles. The van der Waals surface area contributed by atoms with Crippen LogP contribution in [-0.2, 0) is 14.9 Å². The van der Waals surface area contributed by atoms with Crippen molar-refractivity contribution in [2.75, 3.05) is 6.61 Å². The zero-order valence-corrected chi connectivity index (χ0v) is 19.6. The first kappa shape index (κ1) is 24.3. The summed E-state index contributed by atoms with van der Waals surface area (Å²) in [6, 6.07) is 22.7. The molecule has 2 aromatic rings. The minimum atomic E-state index is -0.636. The van der Waals surface area contributed by atoms with Crippen molar-refractivity contribution in [1.82, 2.24) is 0 Å². The highest BCUT2D eigenvalue weighted by molar-refractivity contribution is 5.82. The molecule has 1 aliphatic rings. The van der Waals surface area contributed by atoms with Crippen molar-refractivity contribution in [3.05, 3.63) is 108 Å². The number of carbonyl (C=O) groups excluding carboxylic acids is 1. The van der Waals surface area contributed by atoms with Gasteiger partial charge in [0.25, 0.3) is 0 Å². The van der Waals surface area contributed by atoms with E-state index >= 15 is 0 Å². The molecule has 0 spiro atoms. The van der Waals surface area contributed by atoms with Gasteiger partial charge in [0.1, 0.15) is 0 Å². The van der Waals surface area contributed by atoms with Crippen LogP contribution in [0.5, 0.6) is 0 Å². The Kier molecular flexibility index (Phi) is 8.84. The predicted molar refractivity (Wildman–Crippen MR) is 133 cm³/mol. The highest BCUT2D eigenvalue weighted by Gasteiger charge is 2.42. The quantitative estimate of drug-likeness (QED) is 0.298. The lowest BCUT2D eigenvalue weighted by Gasteiger charge is -2.38. The lowest BCUT2D eigenvalue weighted by atomic mass is 9.62. The van der Waals surface area contributed by atoms with E-state index in [0.717, 1.165) is 42.4 Å². The van der Waals surface area contributed by atoms with Crippen LogP contribution in [0.2, 0.25) is 0 Å². The topological polar surface area (TPSA) is 50.1 Å². The Bertz CT molecular complexity index is 988. The Morgan fingerprint density at radius 1 is 1.09 bits per heavy atom. The molecule has 0 N–H and O–H groups in total. The van der Waals surface area contributed by atoms with E-state index in [2.05, 4.69) is 50.3 Å². The van der Waals surface area contributed by atoms with E-state index in [0.29, 0.717) is 12.5 Å². The molecular weight excluding hydrogens is 406 g/mol. The van der Waals surface area contributed by atoms with E-state index in [-0.39, 0.29) is 5.97 Å². The molecule has 0 amide bonds. The summed E-state index contributed by atoms with van der Waals surface area (Å²) in [5.74, 6) is -0.443. The fourth-order valence-electron chi connectivity index (χ4n) is 4.53. The molecule has 0 fully saturated rings. The van der Waals surface area contributed by atoms with Gasteiger partial charge in [-0.2, -0.15) is 5.26 Å². The number of benzene rings is 2. The minimum Gasteiger partial charge on any atom is -0.462 e. The number of nitrogens with zero attached hydrogens (tertiary/aromatic N) is 1. The number of rotatable bonds is 10. The highest BCUT2D eigenvalue weighted by Crippen LogP contribution is 2.46. The summed E-state index contributed by atoms with van der Waals surface area (Å²) >= 11 is 0. The van der Waals surface area contributed by atoms with Crippen molar-refractivity contribution in [3.8, 4) is 6.07 Å². The second-order valence-electron chi connectivity index (χ2n) is 8.57. The fraction of sp³-hybridized carbons (Fsp3) is 0.333. The summed E-state index contributed by atoms with van der Waals surface area (Å²) in [5.41, 5.74) is 2.25. The molecule has 2 aromatic carbocycles. The SMILES string of the molecule is CCCCC(CC)COC(=O)/C=C/C1=CC=CC(c2ccccc2)(c2ccccc2)C1C#N. The molecule has 0 saturated carbocycles. The molecule has 170 valence electrons. The van der Waals surface area contributed by atoms with E-state index < -0.39 is 11.3 Å². The van der Waals surface area contributed by atoms with Gasteiger partial charge in [-0.25, -0.2) is 4.79 Å². The van der Waals surface area contributed by atoms with Gasteiger partial charge >= 0.3 is 5.97 Å². The van der Waals surface area contributed by atoms with Gasteiger partial charge in [0.05, 0.1) is 24.0 Å². The zero-order valence-electron chi connectivity index (χ0n) is 19.6. The lowest BCUT2D eigenvalue weighted by molar-refractivity contribution is -0.139. The van der Waals surface area contributed by atoms with Crippen LogP contribution in [0.1, 0.15) is 50.7 Å². The number of allylic oxidation sites excluding steroid dienone is 5. The van der Waals surface area contributed by atoms with E-state index in [1.54, 1.807) is 6.08 Å².